The molecule has 0 aliphatic rings. The summed E-state index contributed by atoms with van der Waals surface area (Å²) < 4.78 is 0. The molecule has 3 nitrogen and oxygen atoms in total. The molecule has 0 amide bonds. The first-order valence-corrected chi connectivity index (χ1v) is 29.9. The number of hydrogen-bond donors (Lipinski definition) is 3. The Morgan fingerprint density at radius 1 is 0.216 bits per heavy atom. The molecule has 0 unspecified atom stereocenters. The van der Waals surface area contributed by atoms with Gasteiger partial charge in [0.25, 0.3) is 0 Å². The summed E-state index contributed by atoms with van der Waals surface area (Å²) in [7, 11) is -0.828. The van der Waals surface area contributed by atoms with Crippen LogP contribution in [0.1, 0.15) is 0 Å². The van der Waals surface area contributed by atoms with E-state index in [0.29, 0.717) is 0 Å². The fourth-order valence-corrected chi connectivity index (χ4v) is 15.8. The van der Waals surface area contributed by atoms with Gasteiger partial charge in [0, 0.05) is 0 Å². The molecule has 10 aromatic rings. The van der Waals surface area contributed by atoms with Crippen LogP contribution in [-0.2, 0) is 17.1 Å². The molecule has 74 heavy (non-hydrogen) atoms. The minimum atomic E-state index is -1.22. The Balaban J connectivity index is 0.000000164. The van der Waals surface area contributed by atoms with Gasteiger partial charge in [-0.25, -0.2) is 0 Å². The quantitative estimate of drug-likeness (QED) is 0.0668. The molecule has 0 spiro atoms. The predicted octanol–water partition coefficient (Wildman–Crippen LogP) is 9.30. The third-order valence-electron chi connectivity index (χ3n) is 12.7. The van der Waals surface area contributed by atoms with E-state index in [9.17, 15) is 0 Å². The van der Waals surface area contributed by atoms with Crippen LogP contribution in [0, 0.1) is 0 Å². The van der Waals surface area contributed by atoms with Crippen LogP contribution in [0.5, 0.6) is 0 Å². The van der Waals surface area contributed by atoms with Crippen molar-refractivity contribution in [2.24, 2.45) is 17.2 Å². The van der Waals surface area contributed by atoms with Crippen molar-refractivity contribution in [2.45, 2.75) is 0 Å². The van der Waals surface area contributed by atoms with Gasteiger partial charge >= 0.3 is 17.1 Å². The summed E-state index contributed by atoms with van der Waals surface area (Å²) >= 11 is 0. The molecule has 0 aliphatic carbocycles. The van der Waals surface area contributed by atoms with Gasteiger partial charge in [0.1, 0.15) is 6.15 Å². The topological polar surface area (TPSA) is 78.1 Å². The van der Waals surface area contributed by atoms with Crippen molar-refractivity contribution in [1.82, 2.24) is 0 Å². The molecule has 8 heteroatoms. The molecule has 0 radical (unpaired) electrons. The zero-order valence-electron chi connectivity index (χ0n) is 42.1. The fraction of sp³-hybridized carbons (Fsp3) is 0.0909. The Morgan fingerprint density at radius 3 is 0.486 bits per heavy atom. The van der Waals surface area contributed by atoms with Gasteiger partial charge in [0.15, 0.2) is 0 Å². The average Bonchev–Trinajstić information content (AvgIpc) is 3.48. The third-order valence-corrected chi connectivity index (χ3v) is 20.3. The van der Waals surface area contributed by atoms with Crippen molar-refractivity contribution in [1.29, 1.82) is 0 Å². The van der Waals surface area contributed by atoms with Crippen molar-refractivity contribution in [2.75, 3.05) is 38.1 Å². The molecule has 0 saturated carbocycles. The van der Waals surface area contributed by atoms with Crippen LogP contribution in [0.4, 0.5) is 0 Å². The summed E-state index contributed by atoms with van der Waals surface area (Å²) in [6.07, 6.45) is 1.96. The molecule has 0 saturated heterocycles. The largest absolute Gasteiger partial charge is 1.00 e. The summed E-state index contributed by atoms with van der Waals surface area (Å²) in [6.45, 7) is 2.24. The summed E-state index contributed by atoms with van der Waals surface area (Å²) in [5, 5.41) is 8.47. The van der Waals surface area contributed by atoms with E-state index in [2.05, 4.69) is 303 Å². The second-order valence-electron chi connectivity index (χ2n) is 17.3. The third kappa shape index (κ3) is 16.2. The second-order valence-corrected chi connectivity index (χ2v) is 24.4. The average molecular weight is 1070 g/mol. The standard InChI is InChI=1S/C24H20B.3C14H16NP.Cu/c1-5-13-21(14-6-1)25(22-15-7-2-8-16-22,23-17-9-3-10-18-23)24-19-11-4-12-20-24;3*15-11-12-16(13-7-3-1-4-8-13)14-9-5-2-6-10-14;/h1-20H;3*1-10H,11-12,15H2;/q-1;;;;+1. The van der Waals surface area contributed by atoms with Crippen molar-refractivity contribution < 1.29 is 17.1 Å². The van der Waals surface area contributed by atoms with Gasteiger partial charge in [0.2, 0.25) is 0 Å². The molecule has 0 atom stereocenters. The van der Waals surface area contributed by atoms with Crippen LogP contribution in [0.15, 0.2) is 303 Å². The van der Waals surface area contributed by atoms with Gasteiger partial charge in [-0.2, -0.15) is 21.9 Å². The van der Waals surface area contributed by atoms with Gasteiger partial charge < -0.3 is 17.2 Å². The second kappa shape index (κ2) is 32.3. The molecule has 0 heterocycles. The first-order valence-electron chi connectivity index (χ1n) is 25.3. The Hall–Kier alpha value is -6.05. The Morgan fingerprint density at radius 2 is 0.351 bits per heavy atom. The van der Waals surface area contributed by atoms with Crippen molar-refractivity contribution in [3.8, 4) is 0 Å². The minimum absolute atomic E-state index is 0. The van der Waals surface area contributed by atoms with Crippen LogP contribution in [-0.4, -0.2) is 44.3 Å². The maximum atomic E-state index is 5.72. The molecule has 0 aromatic heterocycles. The van der Waals surface area contributed by atoms with E-state index in [0.717, 1.165) is 38.1 Å². The number of benzene rings is 10. The van der Waals surface area contributed by atoms with E-state index in [-0.39, 0.29) is 40.8 Å². The minimum Gasteiger partial charge on any atom is -0.330 e. The first-order chi connectivity index (χ1) is 36.2. The van der Waals surface area contributed by atoms with Gasteiger partial charge in [-0.3, -0.25) is 0 Å². The Bertz CT molecular complexity index is 2490. The molecule has 10 aromatic carbocycles. The van der Waals surface area contributed by atoms with Crippen LogP contribution in [0.3, 0.4) is 0 Å². The van der Waals surface area contributed by atoms with Crippen molar-refractivity contribution in [3.63, 3.8) is 0 Å². The molecule has 0 aliphatic heterocycles. The van der Waals surface area contributed by atoms with Crippen LogP contribution < -0.4 is 70.9 Å². The van der Waals surface area contributed by atoms with Gasteiger partial charge in [-0.15, -0.1) is 0 Å². The van der Waals surface area contributed by atoms with E-state index < -0.39 is 6.15 Å². The van der Waals surface area contributed by atoms with E-state index >= 15 is 0 Å². The maximum absolute atomic E-state index is 5.72. The molecule has 6 N–H and O–H groups in total. The maximum Gasteiger partial charge on any atom is 1.00 e. The Kier molecular flexibility index (Phi) is 25.0. The van der Waals surface area contributed by atoms with Gasteiger partial charge in [-0.05, 0) is 93.7 Å². The molecular weight excluding hydrogens is 1000 g/mol. The number of hydrogen-bond acceptors (Lipinski definition) is 3. The zero-order valence-corrected chi connectivity index (χ0v) is 45.7. The van der Waals surface area contributed by atoms with Crippen LogP contribution in [0.25, 0.3) is 0 Å². The molecule has 0 bridgehead atoms. The van der Waals surface area contributed by atoms with Crippen molar-refractivity contribution in [3.05, 3.63) is 303 Å². The SMILES string of the molecule is NCCP(c1ccccc1)c1ccccc1.NCCP(c1ccccc1)c1ccccc1.NCCP(c1ccccc1)c1ccccc1.[Cu+].c1ccc([B-](c2ccccc2)(c2ccccc2)c2ccccc2)cc1. The normalized spacial score (nSPS) is 10.7. The molecule has 10 rings (SSSR count). The van der Waals surface area contributed by atoms with Crippen molar-refractivity contribution >= 4 is 83.6 Å². The monoisotopic (exact) mass is 1070 g/mol. The fourth-order valence-electron chi connectivity index (χ4n) is 9.38. The molecule has 376 valence electrons. The summed E-state index contributed by atoms with van der Waals surface area (Å²) in [6, 6.07) is 108. The summed E-state index contributed by atoms with van der Waals surface area (Å²) in [5.74, 6) is 0. The molecule has 0 fully saturated rings. The van der Waals surface area contributed by atoms with Gasteiger partial charge in [0.05, 0.1) is 0 Å². The van der Waals surface area contributed by atoms with Crippen LogP contribution >= 0.6 is 23.8 Å². The molecular formula is C66H68BCuN3P3. The van der Waals surface area contributed by atoms with E-state index in [1.54, 1.807) is 0 Å². The van der Waals surface area contributed by atoms with Crippen LogP contribution in [0.2, 0.25) is 0 Å². The first kappa shape index (κ1) is 57.2. The van der Waals surface area contributed by atoms with E-state index in [1.165, 1.54) is 53.7 Å². The smallest absolute Gasteiger partial charge is 0.330 e. The van der Waals surface area contributed by atoms with Gasteiger partial charge in [-0.1, -0.05) is 303 Å². The predicted molar refractivity (Wildman–Crippen MR) is 329 cm³/mol. The summed E-state index contributed by atoms with van der Waals surface area (Å²) in [4.78, 5) is 0. The number of nitrogens with two attached hydrogens (primary N) is 3. The summed E-state index contributed by atoms with van der Waals surface area (Å²) in [5.41, 5.74) is 22.5. The van der Waals surface area contributed by atoms with E-state index in [1.807, 2.05) is 0 Å². The Labute approximate surface area is 456 Å². The zero-order chi connectivity index (χ0) is 50.6. The number of rotatable bonds is 16. The van der Waals surface area contributed by atoms with E-state index in [4.69, 9.17) is 17.2 Å².